The van der Waals surface area contributed by atoms with Crippen LogP contribution in [0, 0.1) is 17.8 Å². The van der Waals surface area contributed by atoms with Gasteiger partial charge in [0.25, 0.3) is 0 Å². The molecule has 0 N–H and O–H groups in total. The van der Waals surface area contributed by atoms with E-state index < -0.39 is 5.60 Å². The van der Waals surface area contributed by atoms with E-state index >= 15 is 0 Å². The van der Waals surface area contributed by atoms with E-state index in [1.165, 1.54) is 19.3 Å². The normalized spacial score (nSPS) is 35.7. The Labute approximate surface area is 127 Å². The Balaban J connectivity index is 1.77. The summed E-state index contributed by atoms with van der Waals surface area (Å²) in [5, 5.41) is 0. The number of nitrogens with zero attached hydrogens (tertiary/aromatic N) is 1. The molecule has 0 radical (unpaired) electrons. The van der Waals surface area contributed by atoms with Gasteiger partial charge >= 0.3 is 6.09 Å². The predicted octanol–water partition coefficient (Wildman–Crippen LogP) is 3.39. The number of carbonyl (C=O) groups is 2. The molecule has 2 heterocycles. The first-order valence-corrected chi connectivity index (χ1v) is 8.35. The number of aldehydes is 1. The van der Waals surface area contributed by atoms with Crippen LogP contribution in [0.25, 0.3) is 0 Å². The van der Waals surface area contributed by atoms with E-state index in [9.17, 15) is 9.59 Å². The van der Waals surface area contributed by atoms with Crippen molar-refractivity contribution in [3.8, 4) is 0 Å². The highest BCUT2D eigenvalue weighted by Gasteiger charge is 2.50. The van der Waals surface area contributed by atoms with Crippen molar-refractivity contribution in [2.75, 3.05) is 0 Å². The van der Waals surface area contributed by atoms with Crippen molar-refractivity contribution < 1.29 is 14.3 Å². The first kappa shape index (κ1) is 14.9. The molecule has 2 saturated carbocycles. The lowest BCUT2D eigenvalue weighted by atomic mass is 9.67. The number of carbonyl (C=O) groups excluding carboxylic acids is 2. The molecule has 2 aliphatic heterocycles. The number of rotatable bonds is 3. The molecule has 0 unspecified atom stereocenters. The largest absolute Gasteiger partial charge is 0.444 e. The fraction of sp³-hybridized carbons (Fsp3) is 0.882. The third-order valence-electron chi connectivity index (χ3n) is 5.22. The van der Waals surface area contributed by atoms with Crippen LogP contribution in [0.15, 0.2) is 0 Å². The molecule has 4 rings (SSSR count). The molecule has 21 heavy (non-hydrogen) atoms. The van der Waals surface area contributed by atoms with Gasteiger partial charge < -0.3 is 9.53 Å². The summed E-state index contributed by atoms with van der Waals surface area (Å²) in [5.74, 6) is 1.77. The highest BCUT2D eigenvalue weighted by molar-refractivity contribution is 5.75. The van der Waals surface area contributed by atoms with Gasteiger partial charge in [-0.1, -0.05) is 12.8 Å². The lowest BCUT2D eigenvalue weighted by Gasteiger charge is -2.53. The monoisotopic (exact) mass is 293 g/mol. The van der Waals surface area contributed by atoms with Crippen LogP contribution in [0.1, 0.15) is 59.3 Å². The quantitative estimate of drug-likeness (QED) is 0.749. The molecule has 1 amide bonds. The van der Waals surface area contributed by atoms with Crippen LogP contribution in [0.5, 0.6) is 0 Å². The van der Waals surface area contributed by atoms with Crippen molar-refractivity contribution in [1.82, 2.24) is 4.90 Å². The number of hydrogen-bond acceptors (Lipinski definition) is 3. The lowest BCUT2D eigenvalue weighted by molar-refractivity contribution is -0.124. The molecule has 2 saturated heterocycles. The average molecular weight is 293 g/mol. The molecule has 0 aromatic rings. The minimum absolute atomic E-state index is 0.209. The fourth-order valence-electron chi connectivity index (χ4n) is 4.19. The van der Waals surface area contributed by atoms with Crippen molar-refractivity contribution in [2.24, 2.45) is 17.8 Å². The Hall–Kier alpha value is -1.06. The zero-order chi connectivity index (χ0) is 15.2. The molecule has 4 atom stereocenters. The Morgan fingerprint density at radius 2 is 1.95 bits per heavy atom. The average Bonchev–Trinajstić information content (AvgIpc) is 3.20. The number of amides is 1. The second-order valence-corrected chi connectivity index (χ2v) is 8.09. The van der Waals surface area contributed by atoms with Crippen LogP contribution in [-0.2, 0) is 9.53 Å². The standard InChI is InChI=1S/C17H27NO3/c1-17(2,3)21-16(20)18-14-7-6-12(15(18)10-19)9-13(14)8-11-4-5-11/h10-15H,4-9H2,1-3H3/t12-,13-,14+,15-/m1/s1. The van der Waals surface area contributed by atoms with E-state index in [1.807, 2.05) is 20.8 Å². The van der Waals surface area contributed by atoms with Crippen molar-refractivity contribution in [3.63, 3.8) is 0 Å². The minimum Gasteiger partial charge on any atom is -0.444 e. The molecule has 4 aliphatic rings. The second-order valence-electron chi connectivity index (χ2n) is 8.09. The van der Waals surface area contributed by atoms with Crippen LogP contribution in [-0.4, -0.2) is 35.0 Å². The van der Waals surface area contributed by atoms with Gasteiger partial charge in [-0.3, -0.25) is 4.90 Å². The second kappa shape index (κ2) is 5.29. The maximum atomic E-state index is 12.6. The summed E-state index contributed by atoms with van der Waals surface area (Å²) < 4.78 is 5.56. The number of piperidine rings is 2. The molecule has 4 heteroatoms. The molecule has 4 fully saturated rings. The first-order chi connectivity index (χ1) is 9.89. The van der Waals surface area contributed by atoms with Crippen molar-refractivity contribution in [3.05, 3.63) is 0 Å². The van der Waals surface area contributed by atoms with Gasteiger partial charge in [-0.2, -0.15) is 0 Å². The van der Waals surface area contributed by atoms with E-state index in [1.54, 1.807) is 4.90 Å². The Bertz CT molecular complexity index is 424. The zero-order valence-corrected chi connectivity index (χ0v) is 13.4. The summed E-state index contributed by atoms with van der Waals surface area (Å²) in [6, 6.07) is -0.0605. The summed E-state index contributed by atoms with van der Waals surface area (Å²) >= 11 is 0. The maximum absolute atomic E-state index is 12.6. The number of hydrogen-bond donors (Lipinski definition) is 0. The van der Waals surface area contributed by atoms with Crippen LogP contribution in [0.2, 0.25) is 0 Å². The molecule has 2 bridgehead atoms. The molecular weight excluding hydrogens is 266 g/mol. The summed E-state index contributed by atoms with van der Waals surface area (Å²) in [6.07, 6.45) is 7.81. The molecule has 118 valence electrons. The third kappa shape index (κ3) is 3.09. The lowest BCUT2D eigenvalue weighted by Crippen LogP contribution is -2.62. The van der Waals surface area contributed by atoms with E-state index in [2.05, 4.69) is 0 Å². The van der Waals surface area contributed by atoms with E-state index in [0.29, 0.717) is 11.8 Å². The molecule has 4 nitrogen and oxygen atoms in total. The van der Waals surface area contributed by atoms with Crippen molar-refractivity contribution in [2.45, 2.75) is 77.0 Å². The van der Waals surface area contributed by atoms with E-state index in [4.69, 9.17) is 4.74 Å². The van der Waals surface area contributed by atoms with E-state index in [-0.39, 0.29) is 18.2 Å². The maximum Gasteiger partial charge on any atom is 0.411 e. The van der Waals surface area contributed by atoms with Gasteiger partial charge in [0.15, 0.2) is 0 Å². The van der Waals surface area contributed by atoms with Crippen LogP contribution >= 0.6 is 0 Å². The van der Waals surface area contributed by atoms with Gasteiger partial charge in [0.2, 0.25) is 0 Å². The van der Waals surface area contributed by atoms with Gasteiger partial charge in [-0.15, -0.1) is 0 Å². The molecule has 0 spiro atoms. The first-order valence-electron chi connectivity index (χ1n) is 8.35. The van der Waals surface area contributed by atoms with Crippen molar-refractivity contribution in [1.29, 1.82) is 0 Å². The summed E-state index contributed by atoms with van der Waals surface area (Å²) in [4.78, 5) is 25.9. The molecule has 2 aliphatic carbocycles. The third-order valence-corrected chi connectivity index (χ3v) is 5.22. The Kier molecular flexibility index (Phi) is 3.74. The molecule has 0 aromatic heterocycles. The Morgan fingerprint density at radius 3 is 2.52 bits per heavy atom. The zero-order valence-electron chi connectivity index (χ0n) is 13.4. The fourth-order valence-corrected chi connectivity index (χ4v) is 4.19. The highest BCUT2D eigenvalue weighted by atomic mass is 16.6. The summed E-state index contributed by atoms with van der Waals surface area (Å²) in [5.41, 5.74) is -0.507. The van der Waals surface area contributed by atoms with Crippen LogP contribution < -0.4 is 0 Å². The van der Waals surface area contributed by atoms with Gasteiger partial charge in [0.1, 0.15) is 11.9 Å². The predicted molar refractivity (Wildman–Crippen MR) is 79.9 cm³/mol. The van der Waals surface area contributed by atoms with Gasteiger partial charge in [0.05, 0.1) is 6.04 Å². The molecular formula is C17H27NO3. The summed E-state index contributed by atoms with van der Waals surface area (Å²) in [6.45, 7) is 5.64. The Morgan fingerprint density at radius 1 is 1.24 bits per heavy atom. The minimum atomic E-state index is -0.507. The number of ether oxygens (including phenoxy) is 1. The van der Waals surface area contributed by atoms with Crippen LogP contribution in [0.4, 0.5) is 4.79 Å². The van der Waals surface area contributed by atoms with E-state index in [0.717, 1.165) is 31.5 Å². The highest BCUT2D eigenvalue weighted by Crippen LogP contribution is 2.48. The van der Waals surface area contributed by atoms with Gasteiger partial charge in [0, 0.05) is 6.04 Å². The number of fused-ring (bicyclic) bond motifs is 3. The SMILES string of the molecule is CC(C)(C)OC(=O)N1[C@H](C=O)[C@@H]2CC[C@H]1[C@H](CC1CC1)C2. The van der Waals surface area contributed by atoms with Crippen molar-refractivity contribution >= 4 is 12.4 Å². The smallest absolute Gasteiger partial charge is 0.411 e. The summed E-state index contributed by atoms with van der Waals surface area (Å²) in [7, 11) is 0. The topological polar surface area (TPSA) is 46.6 Å². The van der Waals surface area contributed by atoms with Gasteiger partial charge in [-0.25, -0.2) is 4.79 Å². The van der Waals surface area contributed by atoms with Crippen LogP contribution in [0.3, 0.4) is 0 Å². The van der Waals surface area contributed by atoms with Gasteiger partial charge in [-0.05, 0) is 64.2 Å². The molecule has 0 aromatic carbocycles.